The van der Waals surface area contributed by atoms with Crippen LogP contribution in [0.4, 0.5) is 0 Å². The van der Waals surface area contributed by atoms with E-state index in [1.54, 1.807) is 6.07 Å². The van der Waals surface area contributed by atoms with E-state index in [2.05, 4.69) is 38.1 Å². The summed E-state index contributed by atoms with van der Waals surface area (Å²) >= 11 is 0. The number of carboxylic acids is 1. The molecule has 1 aliphatic rings. The molecule has 2 aromatic carbocycles. The summed E-state index contributed by atoms with van der Waals surface area (Å²) in [7, 11) is 0. The van der Waals surface area contributed by atoms with Crippen molar-refractivity contribution in [3.05, 3.63) is 94.6 Å². The van der Waals surface area contributed by atoms with E-state index < -0.39 is 17.3 Å². The number of aliphatic carboxylic acids is 1. The van der Waals surface area contributed by atoms with Gasteiger partial charge < -0.3 is 5.11 Å². The molecule has 1 N–H and O–H groups in total. The minimum absolute atomic E-state index is 0.447. The van der Waals surface area contributed by atoms with Crippen LogP contribution in [-0.4, -0.2) is 11.1 Å². The number of carboxylic acid groups (broad SMARTS) is 1. The zero-order chi connectivity index (χ0) is 25.1. The van der Waals surface area contributed by atoms with Crippen molar-refractivity contribution in [2.45, 2.75) is 89.4 Å². The first kappa shape index (κ1) is 26.5. The van der Waals surface area contributed by atoms with Gasteiger partial charge >= 0.3 is 5.97 Å². The smallest absolute Gasteiger partial charge is 0.318 e. The van der Waals surface area contributed by atoms with Crippen LogP contribution in [0.15, 0.2) is 72.3 Å². The summed E-state index contributed by atoms with van der Waals surface area (Å²) in [6.07, 6.45) is 17.5. The summed E-state index contributed by atoms with van der Waals surface area (Å²) in [6, 6.07) is 17.9. The number of rotatable bonds is 13. The van der Waals surface area contributed by atoms with Gasteiger partial charge in [0.25, 0.3) is 0 Å². The summed E-state index contributed by atoms with van der Waals surface area (Å²) in [5, 5.41) is 20.5. The lowest BCUT2D eigenvalue weighted by molar-refractivity contribution is -0.142. The molecule has 0 saturated carbocycles. The Kier molecular flexibility index (Phi) is 9.91. The van der Waals surface area contributed by atoms with Gasteiger partial charge in [0, 0.05) is 5.92 Å². The van der Waals surface area contributed by atoms with Crippen molar-refractivity contribution in [3.8, 4) is 6.07 Å². The van der Waals surface area contributed by atoms with E-state index in [9.17, 15) is 15.2 Å². The molecule has 184 valence electrons. The van der Waals surface area contributed by atoms with Gasteiger partial charge in [-0.15, -0.1) is 0 Å². The van der Waals surface area contributed by atoms with E-state index in [1.165, 1.54) is 31.2 Å². The fraction of sp³-hybridized carbons (Fsp3) is 0.438. The topological polar surface area (TPSA) is 61.1 Å². The van der Waals surface area contributed by atoms with E-state index in [4.69, 9.17) is 0 Å². The summed E-state index contributed by atoms with van der Waals surface area (Å²) in [4.78, 5) is 13.0. The standard InChI is InChI=1S/C32H39NO2/c1-3-5-7-8-10-13-25-17-19-28(20-18-25)32(31(34)35)22-21-26(14-9-6-4-2)23-30(32)29-16-12-11-15-27(29)24-33/h11-12,15-23,30H,3-10,13-14H2,1-2H3,(H,34,35). The molecule has 0 radical (unpaired) electrons. The number of nitriles is 1. The molecule has 0 aromatic heterocycles. The van der Waals surface area contributed by atoms with Crippen LogP contribution in [0.2, 0.25) is 0 Å². The van der Waals surface area contributed by atoms with Gasteiger partial charge in [0.15, 0.2) is 0 Å². The lowest BCUT2D eigenvalue weighted by atomic mass is 9.63. The molecule has 0 bridgehead atoms. The third-order valence-corrected chi connectivity index (χ3v) is 7.27. The zero-order valence-corrected chi connectivity index (χ0v) is 21.3. The van der Waals surface area contributed by atoms with Crippen molar-refractivity contribution in [2.24, 2.45) is 0 Å². The van der Waals surface area contributed by atoms with E-state index in [-0.39, 0.29) is 0 Å². The Bertz CT molecular complexity index is 1070. The number of allylic oxidation sites excluding steroid dienone is 3. The molecule has 0 amide bonds. The van der Waals surface area contributed by atoms with E-state index in [1.807, 2.05) is 42.5 Å². The Labute approximate surface area is 211 Å². The van der Waals surface area contributed by atoms with Gasteiger partial charge in [0.05, 0.1) is 11.6 Å². The molecular weight excluding hydrogens is 430 g/mol. The van der Waals surface area contributed by atoms with Gasteiger partial charge in [-0.1, -0.05) is 119 Å². The number of hydrogen-bond donors (Lipinski definition) is 1. The van der Waals surface area contributed by atoms with Crippen LogP contribution < -0.4 is 0 Å². The molecule has 0 saturated heterocycles. The number of aryl methyl sites for hydroxylation is 1. The van der Waals surface area contributed by atoms with Crippen LogP contribution in [0, 0.1) is 11.3 Å². The average Bonchev–Trinajstić information content (AvgIpc) is 2.89. The van der Waals surface area contributed by atoms with Gasteiger partial charge in [-0.2, -0.15) is 5.26 Å². The summed E-state index contributed by atoms with van der Waals surface area (Å²) in [6.45, 7) is 4.41. The normalized spacial score (nSPS) is 19.2. The maximum Gasteiger partial charge on any atom is 0.318 e. The van der Waals surface area contributed by atoms with Crippen molar-refractivity contribution in [2.75, 3.05) is 0 Å². The Morgan fingerprint density at radius 2 is 1.57 bits per heavy atom. The summed E-state index contributed by atoms with van der Waals surface area (Å²) in [5.74, 6) is -1.33. The molecule has 2 unspecified atom stereocenters. The Hall–Kier alpha value is -3.12. The third-order valence-electron chi connectivity index (χ3n) is 7.27. The lowest BCUT2D eigenvalue weighted by Crippen LogP contribution is -2.41. The molecule has 35 heavy (non-hydrogen) atoms. The average molecular weight is 470 g/mol. The molecule has 0 aliphatic heterocycles. The monoisotopic (exact) mass is 469 g/mol. The van der Waals surface area contributed by atoms with Crippen molar-refractivity contribution >= 4 is 5.97 Å². The number of carbonyl (C=O) groups is 1. The number of nitrogens with zero attached hydrogens (tertiary/aromatic N) is 1. The van der Waals surface area contributed by atoms with Crippen molar-refractivity contribution in [1.82, 2.24) is 0 Å². The Balaban J connectivity index is 1.97. The van der Waals surface area contributed by atoms with E-state index in [0.29, 0.717) is 5.56 Å². The van der Waals surface area contributed by atoms with Crippen LogP contribution in [0.1, 0.15) is 99.8 Å². The predicted molar refractivity (Wildman–Crippen MR) is 143 cm³/mol. The maximum atomic E-state index is 13.0. The number of benzene rings is 2. The molecule has 3 rings (SSSR count). The van der Waals surface area contributed by atoms with Crippen LogP contribution >= 0.6 is 0 Å². The summed E-state index contributed by atoms with van der Waals surface area (Å²) in [5.41, 5.74) is 3.21. The third kappa shape index (κ3) is 6.31. The predicted octanol–water partition coefficient (Wildman–Crippen LogP) is 8.25. The van der Waals surface area contributed by atoms with Gasteiger partial charge in [-0.3, -0.25) is 4.79 Å². The van der Waals surface area contributed by atoms with Crippen molar-refractivity contribution in [3.63, 3.8) is 0 Å². The molecule has 3 heteroatoms. The van der Waals surface area contributed by atoms with Crippen LogP contribution in [0.25, 0.3) is 0 Å². The second-order valence-corrected chi connectivity index (χ2v) is 9.74. The first-order chi connectivity index (χ1) is 17.1. The molecule has 2 atom stereocenters. The fourth-order valence-corrected chi connectivity index (χ4v) is 5.18. The molecule has 3 nitrogen and oxygen atoms in total. The molecule has 0 fully saturated rings. The lowest BCUT2D eigenvalue weighted by Gasteiger charge is -2.37. The Morgan fingerprint density at radius 1 is 0.914 bits per heavy atom. The SMILES string of the molecule is CCCCCCCc1ccc(C2(C(=O)O)C=CC(CCCCC)=CC2c2ccccc2C#N)cc1. The minimum Gasteiger partial charge on any atom is -0.480 e. The molecular formula is C32H39NO2. The molecule has 2 aromatic rings. The minimum atomic E-state index is -1.25. The number of unbranched alkanes of at least 4 members (excludes halogenated alkanes) is 6. The first-order valence-electron chi connectivity index (χ1n) is 13.3. The van der Waals surface area contributed by atoms with E-state index >= 15 is 0 Å². The second-order valence-electron chi connectivity index (χ2n) is 9.74. The Morgan fingerprint density at radius 3 is 2.26 bits per heavy atom. The molecule has 0 heterocycles. The number of hydrogen-bond acceptors (Lipinski definition) is 2. The van der Waals surface area contributed by atoms with E-state index in [0.717, 1.165) is 55.2 Å². The van der Waals surface area contributed by atoms with Crippen LogP contribution in [0.5, 0.6) is 0 Å². The van der Waals surface area contributed by atoms with Crippen LogP contribution in [-0.2, 0) is 16.6 Å². The van der Waals surface area contributed by atoms with Gasteiger partial charge in [0.2, 0.25) is 0 Å². The highest BCUT2D eigenvalue weighted by Gasteiger charge is 2.47. The van der Waals surface area contributed by atoms with Gasteiger partial charge in [-0.25, -0.2) is 0 Å². The quantitative estimate of drug-likeness (QED) is 0.300. The summed E-state index contributed by atoms with van der Waals surface area (Å²) < 4.78 is 0. The maximum absolute atomic E-state index is 13.0. The largest absolute Gasteiger partial charge is 0.480 e. The van der Waals surface area contributed by atoms with Gasteiger partial charge in [0.1, 0.15) is 5.41 Å². The van der Waals surface area contributed by atoms with Crippen LogP contribution in [0.3, 0.4) is 0 Å². The van der Waals surface area contributed by atoms with Crippen molar-refractivity contribution < 1.29 is 9.90 Å². The highest BCUT2D eigenvalue weighted by molar-refractivity contribution is 5.87. The fourth-order valence-electron chi connectivity index (χ4n) is 5.18. The molecule has 0 spiro atoms. The first-order valence-corrected chi connectivity index (χ1v) is 13.3. The second kappa shape index (κ2) is 13.1. The van der Waals surface area contributed by atoms with Crippen molar-refractivity contribution in [1.29, 1.82) is 5.26 Å². The highest BCUT2D eigenvalue weighted by atomic mass is 16.4. The zero-order valence-electron chi connectivity index (χ0n) is 21.3. The molecule has 1 aliphatic carbocycles. The highest BCUT2D eigenvalue weighted by Crippen LogP contribution is 2.46. The van der Waals surface area contributed by atoms with Gasteiger partial charge in [-0.05, 0) is 48.4 Å².